The van der Waals surface area contributed by atoms with E-state index in [2.05, 4.69) is 48.3 Å². The number of hydrogen-bond donors (Lipinski definition) is 1. The third kappa shape index (κ3) is 3.18. The Balaban J connectivity index is 2.29. The van der Waals surface area contributed by atoms with Crippen LogP contribution in [0.1, 0.15) is 48.6 Å². The number of aromatic nitrogens is 3. The van der Waals surface area contributed by atoms with Crippen LogP contribution in [0.4, 0.5) is 0 Å². The summed E-state index contributed by atoms with van der Waals surface area (Å²) in [5.41, 5.74) is 5.02. The number of rotatable bonds is 6. The maximum Gasteiger partial charge on any atom is 0.119 e. The van der Waals surface area contributed by atoms with E-state index in [4.69, 9.17) is 4.74 Å². The van der Waals surface area contributed by atoms with Crippen LogP contribution in [-0.4, -0.2) is 22.0 Å². The van der Waals surface area contributed by atoms with Gasteiger partial charge in [-0.1, -0.05) is 6.92 Å². The highest BCUT2D eigenvalue weighted by atomic mass is 16.5. The predicted molar refractivity (Wildman–Crippen MR) is 80.2 cm³/mol. The van der Waals surface area contributed by atoms with Gasteiger partial charge in [-0.2, -0.15) is 15.4 Å². The normalized spacial score (nSPS) is 12.4. The first-order valence-electron chi connectivity index (χ1n) is 7.24. The predicted octanol–water partition coefficient (Wildman–Crippen LogP) is 3.56. The van der Waals surface area contributed by atoms with Crippen molar-refractivity contribution < 1.29 is 4.74 Å². The molecule has 4 nitrogen and oxygen atoms in total. The fourth-order valence-corrected chi connectivity index (χ4v) is 2.86. The summed E-state index contributed by atoms with van der Waals surface area (Å²) in [5, 5.41) is 10.8. The Bertz CT molecular complexity index is 526. The van der Waals surface area contributed by atoms with Crippen LogP contribution in [0.25, 0.3) is 0 Å². The Morgan fingerprint density at radius 2 is 1.90 bits per heavy atom. The molecule has 1 aromatic carbocycles. The van der Waals surface area contributed by atoms with Crippen LogP contribution in [0.5, 0.6) is 5.75 Å². The van der Waals surface area contributed by atoms with Crippen molar-refractivity contribution in [3.05, 3.63) is 40.7 Å². The van der Waals surface area contributed by atoms with Gasteiger partial charge < -0.3 is 4.74 Å². The zero-order chi connectivity index (χ0) is 14.5. The minimum atomic E-state index is 0.468. The summed E-state index contributed by atoms with van der Waals surface area (Å²) in [6, 6.07) is 4.27. The molecule has 0 aliphatic carbocycles. The van der Waals surface area contributed by atoms with Crippen LogP contribution in [0.3, 0.4) is 0 Å². The molecule has 1 aromatic heterocycles. The molecule has 0 aliphatic rings. The third-order valence-electron chi connectivity index (χ3n) is 3.70. The summed E-state index contributed by atoms with van der Waals surface area (Å²) in [7, 11) is 0. The maximum absolute atomic E-state index is 5.61. The van der Waals surface area contributed by atoms with Crippen molar-refractivity contribution >= 4 is 0 Å². The molecule has 2 rings (SSSR count). The van der Waals surface area contributed by atoms with E-state index in [-0.39, 0.29) is 0 Å². The van der Waals surface area contributed by atoms with E-state index in [1.807, 2.05) is 13.1 Å². The summed E-state index contributed by atoms with van der Waals surface area (Å²) in [6.07, 6.45) is 3.81. The van der Waals surface area contributed by atoms with Gasteiger partial charge in [0.25, 0.3) is 0 Å². The molecule has 2 aromatic rings. The summed E-state index contributed by atoms with van der Waals surface area (Å²) in [5.74, 6) is 1.43. The second kappa shape index (κ2) is 6.55. The molecular formula is C16H23N3O. The minimum absolute atomic E-state index is 0.468. The van der Waals surface area contributed by atoms with Gasteiger partial charge in [-0.3, -0.25) is 0 Å². The highest BCUT2D eigenvalue weighted by molar-refractivity contribution is 5.43. The fraction of sp³-hybridized carbons (Fsp3) is 0.500. The van der Waals surface area contributed by atoms with Crippen LogP contribution < -0.4 is 4.74 Å². The topological polar surface area (TPSA) is 50.8 Å². The summed E-state index contributed by atoms with van der Waals surface area (Å²) >= 11 is 0. The smallest absolute Gasteiger partial charge is 0.119 e. The Morgan fingerprint density at radius 3 is 2.40 bits per heavy atom. The molecule has 0 saturated heterocycles. The lowest BCUT2D eigenvalue weighted by Gasteiger charge is -2.20. The zero-order valence-electron chi connectivity index (χ0n) is 12.7. The number of aryl methyl sites for hydroxylation is 2. The van der Waals surface area contributed by atoms with Crippen molar-refractivity contribution in [2.45, 2.75) is 46.5 Å². The molecule has 1 heterocycles. The van der Waals surface area contributed by atoms with Gasteiger partial charge in [0.15, 0.2) is 0 Å². The Kier molecular flexibility index (Phi) is 4.77. The molecule has 1 N–H and O–H groups in total. The number of ether oxygens (including phenoxy) is 1. The summed E-state index contributed by atoms with van der Waals surface area (Å²) < 4.78 is 5.61. The molecule has 0 bridgehead atoms. The fourth-order valence-electron chi connectivity index (χ4n) is 2.86. The molecule has 108 valence electrons. The second-order valence-corrected chi connectivity index (χ2v) is 5.17. The number of aromatic amines is 1. The van der Waals surface area contributed by atoms with E-state index < -0.39 is 0 Å². The van der Waals surface area contributed by atoms with Crippen molar-refractivity contribution in [1.82, 2.24) is 15.4 Å². The van der Waals surface area contributed by atoms with Crippen LogP contribution in [0.15, 0.2) is 18.3 Å². The molecular weight excluding hydrogens is 250 g/mol. The first kappa shape index (κ1) is 14.6. The van der Waals surface area contributed by atoms with E-state index in [1.54, 1.807) is 0 Å². The van der Waals surface area contributed by atoms with E-state index in [0.29, 0.717) is 12.5 Å². The van der Waals surface area contributed by atoms with Gasteiger partial charge in [-0.15, -0.1) is 0 Å². The van der Waals surface area contributed by atoms with Gasteiger partial charge in [-0.25, -0.2) is 0 Å². The van der Waals surface area contributed by atoms with Crippen LogP contribution in [-0.2, 0) is 6.42 Å². The van der Waals surface area contributed by atoms with Gasteiger partial charge in [0.1, 0.15) is 5.75 Å². The average molecular weight is 273 g/mol. The zero-order valence-corrected chi connectivity index (χ0v) is 12.7. The standard InChI is InChI=1S/C16H23N3O/c1-5-13(9-14-10-17-19-18-14)16-11(3)7-15(20-6-2)8-12(16)4/h7-8,10,13H,5-6,9H2,1-4H3,(H,17,18,19). The lowest BCUT2D eigenvalue weighted by Crippen LogP contribution is -2.07. The number of hydrogen-bond acceptors (Lipinski definition) is 3. The van der Waals surface area contributed by atoms with Crippen LogP contribution in [0, 0.1) is 13.8 Å². The van der Waals surface area contributed by atoms with E-state index in [0.717, 1.165) is 24.3 Å². The number of nitrogens with one attached hydrogen (secondary N) is 1. The maximum atomic E-state index is 5.61. The van der Waals surface area contributed by atoms with Crippen molar-refractivity contribution in [3.63, 3.8) is 0 Å². The lowest BCUT2D eigenvalue weighted by molar-refractivity contribution is 0.339. The molecule has 0 saturated carbocycles. The largest absolute Gasteiger partial charge is 0.494 e. The molecule has 20 heavy (non-hydrogen) atoms. The van der Waals surface area contributed by atoms with E-state index >= 15 is 0 Å². The van der Waals surface area contributed by atoms with Gasteiger partial charge >= 0.3 is 0 Å². The molecule has 4 heteroatoms. The van der Waals surface area contributed by atoms with Crippen LogP contribution in [0.2, 0.25) is 0 Å². The number of nitrogens with zero attached hydrogens (tertiary/aromatic N) is 2. The van der Waals surface area contributed by atoms with Crippen LogP contribution >= 0.6 is 0 Å². The summed E-state index contributed by atoms with van der Waals surface area (Å²) in [4.78, 5) is 0. The Labute approximate surface area is 120 Å². The molecule has 1 atom stereocenters. The number of benzene rings is 1. The highest BCUT2D eigenvalue weighted by Crippen LogP contribution is 2.32. The van der Waals surface area contributed by atoms with Gasteiger partial charge in [0.05, 0.1) is 18.5 Å². The third-order valence-corrected chi connectivity index (χ3v) is 3.70. The molecule has 0 spiro atoms. The monoisotopic (exact) mass is 273 g/mol. The van der Waals surface area contributed by atoms with Crippen molar-refractivity contribution in [1.29, 1.82) is 0 Å². The minimum Gasteiger partial charge on any atom is -0.494 e. The molecule has 1 unspecified atom stereocenters. The van der Waals surface area contributed by atoms with Crippen molar-refractivity contribution in [2.75, 3.05) is 6.61 Å². The van der Waals surface area contributed by atoms with Gasteiger partial charge in [0, 0.05) is 0 Å². The Morgan fingerprint density at radius 1 is 1.20 bits per heavy atom. The lowest BCUT2D eigenvalue weighted by atomic mass is 9.86. The SMILES string of the molecule is CCOc1cc(C)c(C(CC)Cc2cn[nH]n2)c(C)c1. The second-order valence-electron chi connectivity index (χ2n) is 5.17. The van der Waals surface area contributed by atoms with Crippen molar-refractivity contribution in [2.24, 2.45) is 0 Å². The van der Waals surface area contributed by atoms with E-state index in [9.17, 15) is 0 Å². The number of H-pyrrole nitrogens is 1. The Hall–Kier alpha value is -1.84. The molecule has 0 amide bonds. The quantitative estimate of drug-likeness (QED) is 0.875. The van der Waals surface area contributed by atoms with Crippen molar-refractivity contribution in [3.8, 4) is 5.75 Å². The van der Waals surface area contributed by atoms with Gasteiger partial charge in [-0.05, 0) is 68.4 Å². The molecule has 0 radical (unpaired) electrons. The molecule has 0 fully saturated rings. The first-order chi connectivity index (χ1) is 9.65. The van der Waals surface area contributed by atoms with E-state index in [1.165, 1.54) is 16.7 Å². The summed E-state index contributed by atoms with van der Waals surface area (Å²) in [6.45, 7) is 9.26. The highest BCUT2D eigenvalue weighted by Gasteiger charge is 2.17. The molecule has 0 aliphatic heterocycles. The average Bonchev–Trinajstić information content (AvgIpc) is 2.90. The van der Waals surface area contributed by atoms with Gasteiger partial charge in [0.2, 0.25) is 0 Å². The first-order valence-corrected chi connectivity index (χ1v) is 7.24.